The zero-order valence-corrected chi connectivity index (χ0v) is 13.6. The second-order valence-corrected chi connectivity index (χ2v) is 6.39. The highest BCUT2D eigenvalue weighted by molar-refractivity contribution is 5.10. The van der Waals surface area contributed by atoms with Crippen LogP contribution in [0.5, 0.6) is 0 Å². The molecule has 3 nitrogen and oxygen atoms in total. The number of aromatic nitrogens is 2. The second kappa shape index (κ2) is 7.09. The quantitative estimate of drug-likeness (QED) is 0.818. The van der Waals surface area contributed by atoms with E-state index in [1.807, 2.05) is 0 Å². The van der Waals surface area contributed by atoms with Crippen LogP contribution in [0.1, 0.15) is 59.4 Å². The van der Waals surface area contributed by atoms with Gasteiger partial charge in [0.15, 0.2) is 0 Å². The molecule has 1 aromatic heterocycles. The lowest BCUT2D eigenvalue weighted by Crippen LogP contribution is -2.44. The lowest BCUT2D eigenvalue weighted by molar-refractivity contribution is 0.234. The molecule has 0 saturated carbocycles. The Labute approximate surface area is 118 Å². The fourth-order valence-electron chi connectivity index (χ4n) is 2.27. The van der Waals surface area contributed by atoms with Crippen molar-refractivity contribution in [3.05, 3.63) is 17.5 Å². The second-order valence-electron chi connectivity index (χ2n) is 6.39. The zero-order valence-electron chi connectivity index (χ0n) is 13.6. The Balaban J connectivity index is 2.85. The fraction of sp³-hybridized carbons (Fsp3) is 0.812. The minimum absolute atomic E-state index is 0.249. The lowest BCUT2D eigenvalue weighted by atomic mass is 9.86. The third-order valence-electron chi connectivity index (χ3n) is 3.68. The van der Waals surface area contributed by atoms with Gasteiger partial charge in [-0.3, -0.25) is 4.68 Å². The van der Waals surface area contributed by atoms with E-state index < -0.39 is 0 Å². The van der Waals surface area contributed by atoms with Crippen LogP contribution in [0.15, 0.2) is 6.07 Å². The van der Waals surface area contributed by atoms with Crippen molar-refractivity contribution in [2.75, 3.05) is 6.54 Å². The van der Waals surface area contributed by atoms with Crippen LogP contribution in [0.2, 0.25) is 0 Å². The molecule has 1 N–H and O–H groups in total. The first-order valence-corrected chi connectivity index (χ1v) is 7.71. The molecule has 0 radical (unpaired) electrons. The van der Waals surface area contributed by atoms with Crippen molar-refractivity contribution in [1.82, 2.24) is 15.1 Å². The summed E-state index contributed by atoms with van der Waals surface area (Å²) in [4.78, 5) is 0. The maximum atomic E-state index is 4.74. The van der Waals surface area contributed by atoms with Crippen LogP contribution in [0.3, 0.4) is 0 Å². The van der Waals surface area contributed by atoms with Crippen molar-refractivity contribution in [2.24, 2.45) is 5.41 Å². The third-order valence-corrected chi connectivity index (χ3v) is 3.68. The topological polar surface area (TPSA) is 29.9 Å². The molecule has 0 fully saturated rings. The Hall–Kier alpha value is -0.830. The summed E-state index contributed by atoms with van der Waals surface area (Å²) in [6.45, 7) is 15.5. The number of rotatable bonds is 7. The van der Waals surface area contributed by atoms with Crippen molar-refractivity contribution in [3.63, 3.8) is 0 Å². The molecule has 110 valence electrons. The summed E-state index contributed by atoms with van der Waals surface area (Å²) >= 11 is 0. The molecular weight excluding hydrogens is 234 g/mol. The van der Waals surface area contributed by atoms with E-state index in [-0.39, 0.29) is 5.41 Å². The van der Waals surface area contributed by atoms with Crippen LogP contribution >= 0.6 is 0 Å². The van der Waals surface area contributed by atoms with E-state index in [4.69, 9.17) is 5.10 Å². The highest BCUT2D eigenvalue weighted by Crippen LogP contribution is 2.21. The molecule has 0 spiro atoms. The number of hydrogen-bond acceptors (Lipinski definition) is 2. The Morgan fingerprint density at radius 3 is 2.37 bits per heavy atom. The largest absolute Gasteiger partial charge is 0.312 e. The van der Waals surface area contributed by atoms with Gasteiger partial charge in [0.2, 0.25) is 0 Å². The van der Waals surface area contributed by atoms with Crippen LogP contribution in [0.4, 0.5) is 0 Å². The molecule has 0 bridgehead atoms. The van der Waals surface area contributed by atoms with E-state index in [1.165, 1.54) is 17.8 Å². The molecule has 0 aliphatic heterocycles. The minimum atomic E-state index is 0.249. The van der Waals surface area contributed by atoms with Crippen molar-refractivity contribution in [1.29, 1.82) is 0 Å². The van der Waals surface area contributed by atoms with Gasteiger partial charge in [-0.05, 0) is 37.3 Å². The Morgan fingerprint density at radius 2 is 1.89 bits per heavy atom. The van der Waals surface area contributed by atoms with Crippen LogP contribution in [-0.2, 0) is 19.4 Å². The van der Waals surface area contributed by atoms with E-state index in [2.05, 4.69) is 57.6 Å². The number of aryl methyl sites for hydroxylation is 2. The van der Waals surface area contributed by atoms with E-state index in [9.17, 15) is 0 Å². The molecule has 0 aromatic carbocycles. The third kappa shape index (κ3) is 4.64. The summed E-state index contributed by atoms with van der Waals surface area (Å²) in [6.07, 6.45) is 3.24. The van der Waals surface area contributed by atoms with Gasteiger partial charge in [0, 0.05) is 11.7 Å². The summed E-state index contributed by atoms with van der Waals surface area (Å²) in [7, 11) is 0. The highest BCUT2D eigenvalue weighted by Gasteiger charge is 2.25. The van der Waals surface area contributed by atoms with Gasteiger partial charge in [-0.25, -0.2) is 0 Å². The maximum absolute atomic E-state index is 4.74. The lowest BCUT2D eigenvalue weighted by Gasteiger charge is -2.32. The Kier molecular flexibility index (Phi) is 6.05. The molecule has 1 heterocycles. The molecule has 0 saturated heterocycles. The molecular formula is C16H31N3. The van der Waals surface area contributed by atoms with E-state index in [0.29, 0.717) is 6.04 Å². The van der Waals surface area contributed by atoms with Crippen molar-refractivity contribution in [3.8, 4) is 0 Å². The van der Waals surface area contributed by atoms with Gasteiger partial charge in [0.25, 0.3) is 0 Å². The Bertz CT molecular complexity index is 374. The first-order valence-electron chi connectivity index (χ1n) is 7.71. The van der Waals surface area contributed by atoms with Crippen LogP contribution < -0.4 is 5.32 Å². The summed E-state index contributed by atoms with van der Waals surface area (Å²) in [6, 6.07) is 2.71. The minimum Gasteiger partial charge on any atom is -0.312 e. The maximum Gasteiger partial charge on any atom is 0.0624 e. The van der Waals surface area contributed by atoms with Crippen LogP contribution in [-0.4, -0.2) is 22.4 Å². The number of hydrogen-bond donors (Lipinski definition) is 1. The molecule has 3 heteroatoms. The molecule has 0 aliphatic rings. The predicted octanol–water partition coefficient (Wildman–Crippen LogP) is 3.42. The zero-order chi connectivity index (χ0) is 14.5. The molecule has 1 rings (SSSR count). The normalized spacial score (nSPS) is 13.8. The van der Waals surface area contributed by atoms with Crippen LogP contribution in [0.25, 0.3) is 0 Å². The summed E-state index contributed by atoms with van der Waals surface area (Å²) < 4.78 is 2.21. The standard InChI is InChI=1S/C16H31N3/c1-7-10-17-15(16(4,5)6)12-19-14(9-3)11-13(8-2)18-19/h11,15,17H,7-10,12H2,1-6H3. The van der Waals surface area contributed by atoms with Gasteiger partial charge < -0.3 is 5.32 Å². The van der Waals surface area contributed by atoms with Gasteiger partial charge in [0.1, 0.15) is 0 Å². The predicted molar refractivity (Wildman–Crippen MR) is 82.5 cm³/mol. The summed E-state index contributed by atoms with van der Waals surface area (Å²) in [5, 5.41) is 8.41. The van der Waals surface area contributed by atoms with Crippen molar-refractivity contribution in [2.45, 2.75) is 73.4 Å². The number of nitrogens with one attached hydrogen (secondary N) is 1. The van der Waals surface area contributed by atoms with Crippen LogP contribution in [0, 0.1) is 5.41 Å². The molecule has 1 aromatic rings. The average Bonchev–Trinajstić information content (AvgIpc) is 2.75. The molecule has 0 aliphatic carbocycles. The molecule has 1 atom stereocenters. The average molecular weight is 265 g/mol. The monoisotopic (exact) mass is 265 g/mol. The molecule has 1 unspecified atom stereocenters. The van der Waals surface area contributed by atoms with E-state index in [0.717, 1.165) is 25.9 Å². The van der Waals surface area contributed by atoms with Gasteiger partial charge in [-0.1, -0.05) is 41.5 Å². The fourth-order valence-corrected chi connectivity index (χ4v) is 2.27. The number of nitrogens with zero attached hydrogens (tertiary/aromatic N) is 2. The first kappa shape index (κ1) is 16.2. The van der Waals surface area contributed by atoms with Gasteiger partial charge >= 0.3 is 0 Å². The smallest absolute Gasteiger partial charge is 0.0624 e. The molecule has 19 heavy (non-hydrogen) atoms. The van der Waals surface area contributed by atoms with Gasteiger partial charge in [-0.15, -0.1) is 0 Å². The summed E-state index contributed by atoms with van der Waals surface area (Å²) in [5.41, 5.74) is 2.81. The van der Waals surface area contributed by atoms with Crippen molar-refractivity contribution >= 4 is 0 Å². The highest BCUT2D eigenvalue weighted by atomic mass is 15.3. The van der Waals surface area contributed by atoms with E-state index >= 15 is 0 Å². The van der Waals surface area contributed by atoms with Crippen molar-refractivity contribution < 1.29 is 0 Å². The molecule has 0 amide bonds. The Morgan fingerprint density at radius 1 is 1.21 bits per heavy atom. The summed E-state index contributed by atoms with van der Waals surface area (Å²) in [5.74, 6) is 0. The van der Waals surface area contributed by atoms with Gasteiger partial charge in [0.05, 0.1) is 12.2 Å². The van der Waals surface area contributed by atoms with Gasteiger partial charge in [-0.2, -0.15) is 5.10 Å². The SMILES string of the molecule is CCCNC(Cn1nc(CC)cc1CC)C(C)(C)C. The van der Waals surface area contributed by atoms with E-state index in [1.54, 1.807) is 0 Å². The first-order chi connectivity index (χ1) is 8.92.